The first-order chi connectivity index (χ1) is 16.9. The Hall–Kier alpha value is -3.93. The van der Waals surface area contributed by atoms with E-state index in [0.29, 0.717) is 17.5 Å². The van der Waals surface area contributed by atoms with Gasteiger partial charge in [-0.25, -0.2) is 9.78 Å². The molecule has 180 valence electrons. The topological polar surface area (TPSA) is 80.9 Å². The molecule has 0 saturated heterocycles. The van der Waals surface area contributed by atoms with Crippen LogP contribution in [0.2, 0.25) is 0 Å². The molecule has 6 nitrogen and oxygen atoms in total. The molecule has 2 heterocycles. The molecule has 0 spiro atoms. The number of hydrogen-bond acceptors (Lipinski definition) is 4. The summed E-state index contributed by atoms with van der Waals surface area (Å²) in [5.74, 6) is -1.96. The van der Waals surface area contributed by atoms with Crippen LogP contribution in [-0.4, -0.2) is 26.4 Å². The molecule has 0 radical (unpaired) electrons. The first-order valence-corrected chi connectivity index (χ1v) is 12.0. The van der Waals surface area contributed by atoms with Crippen LogP contribution in [0.3, 0.4) is 0 Å². The van der Waals surface area contributed by atoms with E-state index in [4.69, 9.17) is 9.72 Å². The molecule has 0 amide bonds. The summed E-state index contributed by atoms with van der Waals surface area (Å²) in [4.78, 5) is 29.8. The predicted octanol–water partition coefficient (Wildman–Crippen LogP) is 6.20. The van der Waals surface area contributed by atoms with E-state index in [0.717, 1.165) is 41.0 Å². The number of carboxylic acid groups (broad SMARTS) is 1. The van der Waals surface area contributed by atoms with Crippen molar-refractivity contribution in [2.24, 2.45) is 0 Å². The number of imidazole rings is 1. The molecule has 1 N–H and O–H groups in total. The van der Waals surface area contributed by atoms with E-state index < -0.39 is 11.9 Å². The van der Waals surface area contributed by atoms with Crippen LogP contribution in [0.15, 0.2) is 66.9 Å². The fourth-order valence-electron chi connectivity index (χ4n) is 4.41. The molecule has 4 rings (SSSR count). The van der Waals surface area contributed by atoms with Crippen LogP contribution in [0, 0.1) is 6.92 Å². The van der Waals surface area contributed by atoms with Crippen molar-refractivity contribution in [1.29, 1.82) is 0 Å². The number of aromatic nitrogens is 2. The Kier molecular flexibility index (Phi) is 7.30. The zero-order valence-electron chi connectivity index (χ0n) is 20.3. The molecule has 1 atom stereocenters. The quantitative estimate of drug-likeness (QED) is 0.295. The molecule has 6 heteroatoms. The maximum Gasteiger partial charge on any atom is 0.336 e. The van der Waals surface area contributed by atoms with Gasteiger partial charge in [0.1, 0.15) is 12.3 Å². The maximum atomic E-state index is 13.1. The minimum Gasteiger partial charge on any atom is -0.478 e. The van der Waals surface area contributed by atoms with E-state index in [1.165, 1.54) is 0 Å². The van der Waals surface area contributed by atoms with Gasteiger partial charge in [0, 0.05) is 6.20 Å². The van der Waals surface area contributed by atoms with Crippen molar-refractivity contribution in [3.8, 4) is 11.1 Å². The van der Waals surface area contributed by atoms with Gasteiger partial charge in [-0.1, -0.05) is 68.8 Å². The summed E-state index contributed by atoms with van der Waals surface area (Å²) in [5.41, 5.74) is 6.03. The third kappa shape index (κ3) is 5.11. The Morgan fingerprint density at radius 3 is 2.51 bits per heavy atom. The Bertz CT molecular complexity index is 1360. The lowest BCUT2D eigenvalue weighted by atomic mass is 9.91. The number of ether oxygens (including phenoxy) is 1. The fraction of sp³-hybridized carbons (Fsp3) is 0.276. The zero-order chi connectivity index (χ0) is 24.9. The Morgan fingerprint density at radius 2 is 1.83 bits per heavy atom. The largest absolute Gasteiger partial charge is 0.478 e. The number of hydrogen-bond donors (Lipinski definition) is 1. The normalized spacial score (nSPS) is 12.0. The van der Waals surface area contributed by atoms with Gasteiger partial charge in [0.2, 0.25) is 0 Å². The third-order valence-electron chi connectivity index (χ3n) is 6.27. The number of benzene rings is 2. The number of aromatic carboxylic acids is 1. The molecule has 2 aromatic carbocycles. The number of aryl methyl sites for hydroxylation is 2. The van der Waals surface area contributed by atoms with Crippen LogP contribution in [0.25, 0.3) is 16.8 Å². The number of pyridine rings is 1. The highest BCUT2D eigenvalue weighted by Crippen LogP contribution is 2.30. The molecule has 2 aromatic heterocycles. The van der Waals surface area contributed by atoms with Crippen molar-refractivity contribution in [3.63, 3.8) is 0 Å². The van der Waals surface area contributed by atoms with Crippen LogP contribution < -0.4 is 0 Å². The lowest BCUT2D eigenvalue weighted by Gasteiger charge is -2.17. The molecule has 4 aromatic rings. The molecular weight excluding hydrogens is 440 g/mol. The summed E-state index contributed by atoms with van der Waals surface area (Å²) in [6, 6.07) is 18.5. The van der Waals surface area contributed by atoms with Gasteiger partial charge in [-0.15, -0.1) is 0 Å². The Balaban J connectivity index is 1.57. The maximum absolute atomic E-state index is 13.1. The van der Waals surface area contributed by atoms with E-state index in [-0.39, 0.29) is 18.1 Å². The van der Waals surface area contributed by atoms with E-state index in [1.807, 2.05) is 73.0 Å². The van der Waals surface area contributed by atoms with Gasteiger partial charge >= 0.3 is 11.9 Å². The van der Waals surface area contributed by atoms with E-state index in [2.05, 4.69) is 6.92 Å². The first-order valence-electron chi connectivity index (χ1n) is 12.0. The number of rotatable bonds is 9. The van der Waals surface area contributed by atoms with Gasteiger partial charge in [-0.05, 0) is 54.2 Å². The molecule has 0 aliphatic heterocycles. The zero-order valence-corrected chi connectivity index (χ0v) is 20.3. The molecular formula is C29H30N2O4. The standard InChI is InChI=1S/C29H30N2O4/c1-4-9-22-17-31-23(14-12-19(3)27(31)30-22)18-35-29(34)24(5-2)21-13-15-25(26(16-21)28(32)33)20-10-7-6-8-11-20/h6-8,10-17,24H,4-5,9,18H2,1-3H3,(H,32,33). The van der Waals surface area contributed by atoms with Crippen molar-refractivity contribution in [2.45, 2.75) is 52.6 Å². The fourth-order valence-corrected chi connectivity index (χ4v) is 4.41. The molecule has 1 unspecified atom stereocenters. The van der Waals surface area contributed by atoms with Crippen molar-refractivity contribution < 1.29 is 19.4 Å². The van der Waals surface area contributed by atoms with E-state index >= 15 is 0 Å². The second-order valence-electron chi connectivity index (χ2n) is 8.73. The average molecular weight is 471 g/mol. The summed E-state index contributed by atoms with van der Waals surface area (Å²) in [6.45, 7) is 6.14. The van der Waals surface area contributed by atoms with Crippen LogP contribution >= 0.6 is 0 Å². The molecule has 0 bridgehead atoms. The van der Waals surface area contributed by atoms with Crippen molar-refractivity contribution in [1.82, 2.24) is 9.38 Å². The second kappa shape index (κ2) is 10.6. The van der Waals surface area contributed by atoms with Gasteiger partial charge in [-0.3, -0.25) is 4.79 Å². The smallest absolute Gasteiger partial charge is 0.336 e. The molecule has 0 saturated carbocycles. The highest BCUT2D eigenvalue weighted by atomic mass is 16.5. The summed E-state index contributed by atoms with van der Waals surface area (Å²) in [6.07, 6.45) is 4.40. The van der Waals surface area contributed by atoms with Gasteiger partial charge in [0.25, 0.3) is 0 Å². The number of nitrogens with zero attached hydrogens (tertiary/aromatic N) is 2. The predicted molar refractivity (Wildman–Crippen MR) is 136 cm³/mol. The van der Waals surface area contributed by atoms with Crippen molar-refractivity contribution >= 4 is 17.6 Å². The summed E-state index contributed by atoms with van der Waals surface area (Å²) < 4.78 is 7.72. The van der Waals surface area contributed by atoms with Crippen LogP contribution in [0.1, 0.15) is 65.5 Å². The van der Waals surface area contributed by atoms with Crippen LogP contribution in [0.5, 0.6) is 0 Å². The number of esters is 1. The number of carboxylic acids is 1. The van der Waals surface area contributed by atoms with Gasteiger partial charge in [0.05, 0.1) is 22.9 Å². The number of fused-ring (bicyclic) bond motifs is 1. The first kappa shape index (κ1) is 24.2. The van der Waals surface area contributed by atoms with E-state index in [9.17, 15) is 14.7 Å². The Morgan fingerprint density at radius 1 is 1.06 bits per heavy atom. The van der Waals surface area contributed by atoms with Crippen molar-refractivity contribution in [3.05, 3.63) is 94.9 Å². The monoisotopic (exact) mass is 470 g/mol. The third-order valence-corrected chi connectivity index (χ3v) is 6.27. The highest BCUT2D eigenvalue weighted by Gasteiger charge is 2.23. The molecule has 0 aliphatic carbocycles. The average Bonchev–Trinajstić information content (AvgIpc) is 3.29. The van der Waals surface area contributed by atoms with Gasteiger partial charge in [0.15, 0.2) is 0 Å². The lowest BCUT2D eigenvalue weighted by Crippen LogP contribution is -2.17. The van der Waals surface area contributed by atoms with Crippen LogP contribution in [0.4, 0.5) is 0 Å². The number of carbonyl (C=O) groups excluding carboxylic acids is 1. The minimum absolute atomic E-state index is 0.113. The van der Waals surface area contributed by atoms with Crippen LogP contribution in [-0.2, 0) is 22.6 Å². The Labute approximate surface area is 205 Å². The highest BCUT2D eigenvalue weighted by molar-refractivity contribution is 5.96. The van der Waals surface area contributed by atoms with Gasteiger partial charge in [-0.2, -0.15) is 0 Å². The molecule has 35 heavy (non-hydrogen) atoms. The van der Waals surface area contributed by atoms with Gasteiger partial charge < -0.3 is 14.2 Å². The summed E-state index contributed by atoms with van der Waals surface area (Å²) in [5, 5.41) is 9.83. The molecule has 0 aliphatic rings. The second-order valence-corrected chi connectivity index (χ2v) is 8.73. The van der Waals surface area contributed by atoms with Crippen molar-refractivity contribution in [2.75, 3.05) is 0 Å². The molecule has 0 fully saturated rings. The number of carbonyl (C=O) groups is 2. The minimum atomic E-state index is -1.03. The summed E-state index contributed by atoms with van der Waals surface area (Å²) in [7, 11) is 0. The summed E-state index contributed by atoms with van der Waals surface area (Å²) >= 11 is 0. The lowest BCUT2D eigenvalue weighted by molar-refractivity contribution is -0.147. The van der Waals surface area contributed by atoms with E-state index in [1.54, 1.807) is 12.1 Å². The SMILES string of the molecule is CCCc1cn2c(COC(=O)C(CC)c3ccc(-c4ccccc4)c(C(=O)O)c3)ccc(C)c2n1.